The summed E-state index contributed by atoms with van der Waals surface area (Å²) in [4.78, 5) is 13.0. The number of rotatable bonds is 5. The summed E-state index contributed by atoms with van der Waals surface area (Å²) in [5.74, 6) is 0. The zero-order valence-electron chi connectivity index (χ0n) is 13.5. The van der Waals surface area contributed by atoms with Gasteiger partial charge < -0.3 is 15.4 Å². The summed E-state index contributed by atoms with van der Waals surface area (Å²) in [6.07, 6.45) is -0.402. The second kappa shape index (κ2) is 6.99. The molecule has 1 unspecified atom stereocenters. The Bertz CT molecular complexity index is 480. The first kappa shape index (κ1) is 18.3. The molecule has 2 N–H and O–H groups in total. The molecular weight excluding hydrogens is 308 g/mol. The minimum absolute atomic E-state index is 0.183. The molecule has 4 nitrogen and oxygen atoms in total. The van der Waals surface area contributed by atoms with Gasteiger partial charge >= 0.3 is 6.09 Å². The van der Waals surface area contributed by atoms with Crippen LogP contribution in [0.25, 0.3) is 0 Å². The lowest BCUT2D eigenvalue weighted by Gasteiger charge is -2.30. The molecular formula is C15H25ClN2O2S. The Hall–Kier alpha value is -0.780. The molecule has 0 aliphatic heterocycles. The predicted octanol–water partition coefficient (Wildman–Crippen LogP) is 4.36. The summed E-state index contributed by atoms with van der Waals surface area (Å²) in [5, 5.41) is 6.28. The first-order valence-corrected chi connectivity index (χ1v) is 8.18. The molecule has 6 heteroatoms. The molecule has 21 heavy (non-hydrogen) atoms. The summed E-state index contributed by atoms with van der Waals surface area (Å²) >= 11 is 7.50. The van der Waals surface area contributed by atoms with Crippen molar-refractivity contribution in [2.24, 2.45) is 0 Å². The summed E-state index contributed by atoms with van der Waals surface area (Å²) in [6, 6.07) is 4.09. The Morgan fingerprint density at radius 2 is 1.95 bits per heavy atom. The maximum atomic E-state index is 11.8. The zero-order valence-corrected chi connectivity index (χ0v) is 15.1. The van der Waals surface area contributed by atoms with Crippen molar-refractivity contribution >= 4 is 29.0 Å². The minimum atomic E-state index is -0.491. The molecule has 0 aliphatic carbocycles. The summed E-state index contributed by atoms with van der Waals surface area (Å²) < 4.78 is 6.06. The van der Waals surface area contributed by atoms with Crippen LogP contribution >= 0.6 is 22.9 Å². The third-order valence-corrected chi connectivity index (χ3v) is 4.12. The normalized spacial score (nSPS) is 13.9. The highest BCUT2D eigenvalue weighted by molar-refractivity contribution is 7.16. The van der Waals surface area contributed by atoms with Crippen molar-refractivity contribution in [3.05, 3.63) is 21.3 Å². The lowest BCUT2D eigenvalue weighted by atomic mass is 10.1. The van der Waals surface area contributed by atoms with Gasteiger partial charge in [-0.25, -0.2) is 4.79 Å². The number of nitrogens with one attached hydrogen (secondary N) is 2. The van der Waals surface area contributed by atoms with Gasteiger partial charge in [-0.05, 0) is 53.7 Å². The average Bonchev–Trinajstić information content (AvgIpc) is 2.69. The molecule has 1 aromatic rings. The standard InChI is InChI=1S/C15H25ClN2O2S/c1-10(11-7-8-12(16)21-11)17-9-15(5,6)18-13(19)20-14(2,3)4/h7-8,10,17H,9H2,1-6H3,(H,18,19). The fourth-order valence-corrected chi connectivity index (χ4v) is 2.78. The average molecular weight is 333 g/mol. The lowest BCUT2D eigenvalue weighted by Crippen LogP contribution is -2.51. The van der Waals surface area contributed by atoms with E-state index in [2.05, 4.69) is 17.6 Å². The van der Waals surface area contributed by atoms with Crippen LogP contribution in [-0.2, 0) is 4.74 Å². The number of carbonyl (C=O) groups is 1. The van der Waals surface area contributed by atoms with Gasteiger partial charge in [-0.3, -0.25) is 0 Å². The summed E-state index contributed by atoms with van der Waals surface area (Å²) in [7, 11) is 0. The van der Waals surface area contributed by atoms with Crippen LogP contribution in [0.5, 0.6) is 0 Å². The number of hydrogen-bond acceptors (Lipinski definition) is 4. The van der Waals surface area contributed by atoms with Gasteiger partial charge in [-0.15, -0.1) is 11.3 Å². The highest BCUT2D eigenvalue weighted by atomic mass is 35.5. The molecule has 1 heterocycles. The van der Waals surface area contributed by atoms with Crippen molar-refractivity contribution in [2.45, 2.75) is 58.7 Å². The Labute approximate surface area is 136 Å². The van der Waals surface area contributed by atoms with Crippen molar-refractivity contribution < 1.29 is 9.53 Å². The quantitative estimate of drug-likeness (QED) is 0.842. The van der Waals surface area contributed by atoms with Crippen molar-refractivity contribution in [3.8, 4) is 0 Å². The second-order valence-corrected chi connectivity index (χ2v) is 8.50. The number of hydrogen-bond donors (Lipinski definition) is 2. The Morgan fingerprint density at radius 3 is 2.43 bits per heavy atom. The van der Waals surface area contributed by atoms with Crippen LogP contribution in [0.2, 0.25) is 4.34 Å². The van der Waals surface area contributed by atoms with Crippen LogP contribution in [-0.4, -0.2) is 23.8 Å². The number of halogens is 1. The first-order valence-electron chi connectivity index (χ1n) is 6.98. The van der Waals surface area contributed by atoms with E-state index in [4.69, 9.17) is 16.3 Å². The maximum Gasteiger partial charge on any atom is 0.408 e. The Morgan fingerprint density at radius 1 is 1.33 bits per heavy atom. The summed E-state index contributed by atoms with van der Waals surface area (Å²) in [5.41, 5.74) is -0.897. The maximum absolute atomic E-state index is 11.8. The van der Waals surface area contributed by atoms with E-state index in [0.29, 0.717) is 6.54 Å². The molecule has 1 atom stereocenters. The van der Waals surface area contributed by atoms with Crippen molar-refractivity contribution in [2.75, 3.05) is 6.54 Å². The van der Waals surface area contributed by atoms with E-state index in [1.807, 2.05) is 46.8 Å². The molecule has 0 aromatic carbocycles. The second-order valence-electron chi connectivity index (χ2n) is 6.76. The number of amides is 1. The van der Waals surface area contributed by atoms with Crippen molar-refractivity contribution in [1.29, 1.82) is 0 Å². The molecule has 1 amide bonds. The SMILES string of the molecule is CC(NCC(C)(C)NC(=O)OC(C)(C)C)c1ccc(Cl)s1. The topological polar surface area (TPSA) is 50.4 Å². The van der Waals surface area contributed by atoms with Gasteiger partial charge in [0.1, 0.15) is 5.60 Å². The van der Waals surface area contributed by atoms with Gasteiger partial charge in [0, 0.05) is 17.5 Å². The molecule has 0 saturated carbocycles. The van der Waals surface area contributed by atoms with Crippen LogP contribution < -0.4 is 10.6 Å². The number of carbonyl (C=O) groups excluding carboxylic acids is 1. The van der Waals surface area contributed by atoms with E-state index >= 15 is 0 Å². The smallest absolute Gasteiger partial charge is 0.408 e. The van der Waals surface area contributed by atoms with Crippen LogP contribution in [0.15, 0.2) is 12.1 Å². The highest BCUT2D eigenvalue weighted by Crippen LogP contribution is 2.26. The molecule has 0 radical (unpaired) electrons. The zero-order chi connectivity index (χ0) is 16.3. The highest BCUT2D eigenvalue weighted by Gasteiger charge is 2.25. The van der Waals surface area contributed by atoms with Crippen LogP contribution in [0.4, 0.5) is 4.79 Å². The van der Waals surface area contributed by atoms with E-state index in [0.717, 1.165) is 4.34 Å². The van der Waals surface area contributed by atoms with E-state index in [-0.39, 0.29) is 6.04 Å². The first-order chi connectivity index (χ1) is 9.48. The van der Waals surface area contributed by atoms with Gasteiger partial charge in [0.25, 0.3) is 0 Å². The van der Waals surface area contributed by atoms with Gasteiger partial charge in [0.05, 0.1) is 9.88 Å². The molecule has 1 rings (SSSR count). The van der Waals surface area contributed by atoms with E-state index < -0.39 is 17.2 Å². The van der Waals surface area contributed by atoms with Crippen LogP contribution in [0, 0.1) is 0 Å². The molecule has 0 aliphatic rings. The predicted molar refractivity (Wildman–Crippen MR) is 89.2 cm³/mol. The largest absolute Gasteiger partial charge is 0.444 e. The Balaban J connectivity index is 2.47. The van der Waals surface area contributed by atoms with Gasteiger partial charge in [0.15, 0.2) is 0 Å². The Kier molecular flexibility index (Phi) is 6.08. The minimum Gasteiger partial charge on any atom is -0.444 e. The number of alkyl carbamates (subject to hydrolysis) is 1. The third-order valence-electron chi connectivity index (χ3n) is 2.71. The van der Waals surface area contributed by atoms with Crippen molar-refractivity contribution in [3.63, 3.8) is 0 Å². The van der Waals surface area contributed by atoms with Crippen molar-refractivity contribution in [1.82, 2.24) is 10.6 Å². The molecule has 0 saturated heterocycles. The number of thiophene rings is 1. The van der Waals surface area contributed by atoms with E-state index in [9.17, 15) is 4.79 Å². The van der Waals surface area contributed by atoms with Gasteiger partial charge in [0.2, 0.25) is 0 Å². The monoisotopic (exact) mass is 332 g/mol. The van der Waals surface area contributed by atoms with Gasteiger partial charge in [-0.1, -0.05) is 11.6 Å². The van der Waals surface area contributed by atoms with Crippen LogP contribution in [0.1, 0.15) is 52.5 Å². The molecule has 0 fully saturated rings. The number of ether oxygens (including phenoxy) is 1. The summed E-state index contributed by atoms with van der Waals surface area (Å²) in [6.45, 7) is 12.2. The molecule has 1 aromatic heterocycles. The third kappa shape index (κ3) is 7.16. The fraction of sp³-hybridized carbons (Fsp3) is 0.667. The fourth-order valence-electron chi connectivity index (χ4n) is 1.69. The van der Waals surface area contributed by atoms with Crippen LogP contribution in [0.3, 0.4) is 0 Å². The van der Waals surface area contributed by atoms with Gasteiger partial charge in [-0.2, -0.15) is 0 Å². The van der Waals surface area contributed by atoms with E-state index in [1.165, 1.54) is 4.88 Å². The molecule has 120 valence electrons. The molecule has 0 bridgehead atoms. The molecule has 0 spiro atoms. The lowest BCUT2D eigenvalue weighted by molar-refractivity contribution is 0.0471. The van der Waals surface area contributed by atoms with E-state index in [1.54, 1.807) is 11.3 Å².